The molecule has 0 aliphatic carbocycles. The molecule has 2 atom stereocenters. The maximum Gasteiger partial charge on any atom is 0.257 e. The minimum atomic E-state index is -0.357. The van der Waals surface area contributed by atoms with E-state index in [1.807, 2.05) is 0 Å². The molecule has 0 amide bonds. The lowest BCUT2D eigenvalue weighted by atomic mass is 10.2. The summed E-state index contributed by atoms with van der Waals surface area (Å²) >= 11 is 5.35. The minimum Gasteiger partial charge on any atom is -0.473 e. The second-order valence-electron chi connectivity index (χ2n) is 5.71. The number of rotatable bonds is 5. The zero-order valence-corrected chi connectivity index (χ0v) is 14.2. The summed E-state index contributed by atoms with van der Waals surface area (Å²) in [6.45, 7) is 8.21. The molecule has 112 valence electrons. The maximum absolute atomic E-state index is 5.86. The van der Waals surface area contributed by atoms with E-state index in [-0.39, 0.29) is 8.22 Å². The molecule has 3 aliphatic rings. The predicted molar refractivity (Wildman–Crippen MR) is 85.4 cm³/mol. The second kappa shape index (κ2) is 5.69. The normalized spacial score (nSPS) is 28.6. The summed E-state index contributed by atoms with van der Waals surface area (Å²) in [5.74, 6) is 1.98. The van der Waals surface area contributed by atoms with Crippen LogP contribution in [0.5, 0.6) is 0 Å². The standard InChI is InChI=1S/C14H23N2O2PS/c1-4-12(20)6-5-7-19-15-10(2)8-17-13(15)14-16(19)11(3)9-18-14/h10-11H,4-9H2,1-3H3/t10-,11-/m0/s1. The molecule has 0 aromatic rings. The molecule has 0 saturated carbocycles. The van der Waals surface area contributed by atoms with Gasteiger partial charge in [-0.3, -0.25) is 9.34 Å². The van der Waals surface area contributed by atoms with Crippen LogP contribution in [0, 0.1) is 0 Å². The van der Waals surface area contributed by atoms with Gasteiger partial charge in [-0.1, -0.05) is 19.1 Å². The lowest BCUT2D eigenvalue weighted by Gasteiger charge is -2.32. The van der Waals surface area contributed by atoms with Gasteiger partial charge in [0.25, 0.3) is 11.8 Å². The molecular formula is C14H23N2O2PS. The maximum atomic E-state index is 5.86. The highest BCUT2D eigenvalue weighted by Gasteiger charge is 2.51. The Hall–Kier alpha value is -0.540. The third-order valence-electron chi connectivity index (χ3n) is 4.06. The molecule has 0 unspecified atom stereocenters. The van der Waals surface area contributed by atoms with E-state index in [1.54, 1.807) is 0 Å². The zero-order chi connectivity index (χ0) is 14.3. The lowest BCUT2D eigenvalue weighted by molar-refractivity contribution is 0.190. The van der Waals surface area contributed by atoms with Gasteiger partial charge in [-0.2, -0.15) is 0 Å². The fraction of sp³-hybridized carbons (Fsp3) is 0.786. The van der Waals surface area contributed by atoms with Crippen molar-refractivity contribution in [3.8, 4) is 0 Å². The summed E-state index contributed by atoms with van der Waals surface area (Å²) in [5, 5.41) is 0. The van der Waals surface area contributed by atoms with Crippen molar-refractivity contribution in [2.75, 3.05) is 19.4 Å². The highest BCUT2D eigenvalue weighted by Crippen LogP contribution is 2.61. The Bertz CT molecular complexity index is 415. The van der Waals surface area contributed by atoms with Gasteiger partial charge in [0, 0.05) is 6.16 Å². The van der Waals surface area contributed by atoms with Gasteiger partial charge in [0.05, 0.1) is 12.1 Å². The Morgan fingerprint density at radius 3 is 2.25 bits per heavy atom. The minimum absolute atomic E-state index is 0.357. The average Bonchev–Trinajstić information content (AvgIpc) is 3.06. The van der Waals surface area contributed by atoms with E-state index in [4.69, 9.17) is 21.7 Å². The largest absolute Gasteiger partial charge is 0.473 e. The Labute approximate surface area is 127 Å². The van der Waals surface area contributed by atoms with Crippen molar-refractivity contribution in [1.82, 2.24) is 9.34 Å². The molecular weight excluding hydrogens is 291 g/mol. The number of hydrogen-bond donors (Lipinski definition) is 0. The SMILES string of the molecule is CCC(=S)CCCP1N2C(=C3OC[C@H](C)N31)OC[C@@H]2C. The van der Waals surface area contributed by atoms with Crippen LogP contribution in [-0.2, 0) is 9.47 Å². The van der Waals surface area contributed by atoms with E-state index in [2.05, 4.69) is 30.1 Å². The van der Waals surface area contributed by atoms with Crippen LogP contribution in [0.3, 0.4) is 0 Å². The van der Waals surface area contributed by atoms with Crippen LogP contribution in [-0.4, -0.2) is 45.7 Å². The Morgan fingerprint density at radius 1 is 1.20 bits per heavy atom. The smallest absolute Gasteiger partial charge is 0.257 e. The molecule has 3 aliphatic heterocycles. The fourth-order valence-corrected chi connectivity index (χ4v) is 5.94. The Kier molecular flexibility index (Phi) is 4.09. The molecule has 0 N–H and O–H groups in total. The molecule has 2 saturated heterocycles. The Balaban J connectivity index is 1.71. The number of nitrogens with zero attached hydrogens (tertiary/aromatic N) is 2. The monoisotopic (exact) mass is 314 g/mol. The summed E-state index contributed by atoms with van der Waals surface area (Å²) in [6, 6.07) is 0.922. The van der Waals surface area contributed by atoms with Gasteiger partial charge in [-0.05, 0) is 38.0 Å². The van der Waals surface area contributed by atoms with Crippen molar-refractivity contribution in [1.29, 1.82) is 0 Å². The predicted octanol–water partition coefficient (Wildman–Crippen LogP) is 3.44. The van der Waals surface area contributed by atoms with Gasteiger partial charge >= 0.3 is 0 Å². The van der Waals surface area contributed by atoms with E-state index in [0.717, 1.165) is 37.8 Å². The van der Waals surface area contributed by atoms with Crippen molar-refractivity contribution < 1.29 is 9.47 Å². The molecule has 6 heteroatoms. The third-order valence-corrected chi connectivity index (χ3v) is 7.42. The first kappa shape index (κ1) is 14.4. The molecule has 2 fully saturated rings. The van der Waals surface area contributed by atoms with Crippen LogP contribution in [0.1, 0.15) is 40.0 Å². The summed E-state index contributed by atoms with van der Waals surface area (Å²) in [5.41, 5.74) is 0. The van der Waals surface area contributed by atoms with E-state index < -0.39 is 0 Å². The van der Waals surface area contributed by atoms with E-state index in [0.29, 0.717) is 12.1 Å². The van der Waals surface area contributed by atoms with Crippen molar-refractivity contribution in [3.63, 3.8) is 0 Å². The molecule has 0 radical (unpaired) electrons. The summed E-state index contributed by atoms with van der Waals surface area (Å²) in [6.07, 6.45) is 4.45. The van der Waals surface area contributed by atoms with Gasteiger partial charge in [0.2, 0.25) is 0 Å². The van der Waals surface area contributed by atoms with Crippen molar-refractivity contribution >= 4 is 25.3 Å². The van der Waals surface area contributed by atoms with Gasteiger partial charge in [-0.25, -0.2) is 0 Å². The van der Waals surface area contributed by atoms with Crippen LogP contribution in [0.15, 0.2) is 11.8 Å². The van der Waals surface area contributed by atoms with Gasteiger partial charge in [-0.15, -0.1) is 0 Å². The first-order valence-corrected chi connectivity index (χ1v) is 9.35. The average molecular weight is 314 g/mol. The van der Waals surface area contributed by atoms with E-state index in [1.165, 1.54) is 17.4 Å². The number of ether oxygens (including phenoxy) is 2. The van der Waals surface area contributed by atoms with Crippen LogP contribution in [0.4, 0.5) is 0 Å². The summed E-state index contributed by atoms with van der Waals surface area (Å²) in [4.78, 5) is 1.20. The van der Waals surface area contributed by atoms with Crippen molar-refractivity contribution in [3.05, 3.63) is 11.8 Å². The molecule has 0 aromatic carbocycles. The highest BCUT2D eigenvalue weighted by molar-refractivity contribution is 7.80. The Morgan fingerprint density at radius 2 is 1.75 bits per heavy atom. The number of fused-ring (bicyclic) bond motifs is 2. The van der Waals surface area contributed by atoms with Gasteiger partial charge < -0.3 is 9.47 Å². The first-order chi connectivity index (χ1) is 9.63. The van der Waals surface area contributed by atoms with Crippen LogP contribution < -0.4 is 0 Å². The van der Waals surface area contributed by atoms with Crippen LogP contribution in [0.25, 0.3) is 0 Å². The molecule has 4 nitrogen and oxygen atoms in total. The van der Waals surface area contributed by atoms with E-state index in [9.17, 15) is 0 Å². The highest BCUT2D eigenvalue weighted by atomic mass is 32.1. The van der Waals surface area contributed by atoms with Crippen molar-refractivity contribution in [2.24, 2.45) is 0 Å². The lowest BCUT2D eigenvalue weighted by Crippen LogP contribution is -2.28. The third kappa shape index (κ3) is 2.29. The van der Waals surface area contributed by atoms with E-state index >= 15 is 0 Å². The van der Waals surface area contributed by atoms with Gasteiger partial charge in [0.15, 0.2) is 0 Å². The zero-order valence-electron chi connectivity index (χ0n) is 12.5. The molecule has 20 heavy (non-hydrogen) atoms. The topological polar surface area (TPSA) is 24.9 Å². The molecule has 0 aromatic heterocycles. The van der Waals surface area contributed by atoms with Crippen molar-refractivity contribution in [2.45, 2.75) is 52.1 Å². The molecule has 3 rings (SSSR count). The molecule has 0 bridgehead atoms. The second-order valence-corrected chi connectivity index (χ2v) is 8.34. The molecule has 0 spiro atoms. The fourth-order valence-electron chi connectivity index (χ4n) is 2.97. The number of hydrogen-bond acceptors (Lipinski definition) is 5. The quantitative estimate of drug-likeness (QED) is 0.572. The summed E-state index contributed by atoms with van der Waals surface area (Å²) < 4.78 is 16.7. The van der Waals surface area contributed by atoms with Crippen LogP contribution in [0.2, 0.25) is 0 Å². The molecule has 3 heterocycles. The van der Waals surface area contributed by atoms with Crippen LogP contribution >= 0.6 is 20.4 Å². The number of thiocarbonyl (C=S) groups is 1. The first-order valence-electron chi connectivity index (χ1n) is 7.50. The van der Waals surface area contributed by atoms with Gasteiger partial charge in [0.1, 0.15) is 21.4 Å². The summed E-state index contributed by atoms with van der Waals surface area (Å²) in [7, 11) is -0.357.